The van der Waals surface area contributed by atoms with Crippen LogP contribution >= 0.6 is 0 Å². The Bertz CT molecular complexity index is 1660. The van der Waals surface area contributed by atoms with Crippen LogP contribution in [0.25, 0.3) is 27.8 Å². The Hall–Kier alpha value is -4.58. The number of anilines is 2. The Morgan fingerprint density at radius 2 is 2.05 bits per heavy atom. The highest BCUT2D eigenvalue weighted by atomic mass is 16.5. The molecular weight excluding hydrogens is 472 g/mol. The number of piperidine rings is 1. The number of hydrogen-bond donors (Lipinski definition) is 2. The fourth-order valence-corrected chi connectivity index (χ4v) is 4.55. The summed E-state index contributed by atoms with van der Waals surface area (Å²) in [6.07, 6.45) is 8.42. The van der Waals surface area contributed by atoms with Crippen LogP contribution < -0.4 is 20.9 Å². The number of rotatable bonds is 7. The first-order chi connectivity index (χ1) is 18.1. The molecule has 0 aliphatic carbocycles. The van der Waals surface area contributed by atoms with Crippen LogP contribution in [0.4, 0.5) is 11.6 Å². The minimum Gasteiger partial charge on any atom is -0.460 e. The zero-order valence-corrected chi connectivity index (χ0v) is 20.3. The number of nitrogens with one attached hydrogen (secondary N) is 2. The Kier molecular flexibility index (Phi) is 5.85. The Balaban J connectivity index is 1.40. The topological polar surface area (TPSA) is 130 Å². The van der Waals surface area contributed by atoms with Gasteiger partial charge in [-0.05, 0) is 44.1 Å². The van der Waals surface area contributed by atoms with Gasteiger partial charge in [0.1, 0.15) is 11.5 Å². The molecule has 1 fully saturated rings. The zero-order valence-electron chi connectivity index (χ0n) is 20.3. The second-order valence-electron chi connectivity index (χ2n) is 8.85. The van der Waals surface area contributed by atoms with Crippen LogP contribution in [0.3, 0.4) is 0 Å². The van der Waals surface area contributed by atoms with Crippen LogP contribution in [0.15, 0.2) is 60.3 Å². The number of aromatic nitrogens is 8. The minimum absolute atomic E-state index is 0.0450. The lowest BCUT2D eigenvalue weighted by Gasteiger charge is -2.22. The molecule has 37 heavy (non-hydrogen) atoms. The van der Waals surface area contributed by atoms with Crippen molar-refractivity contribution in [2.24, 2.45) is 7.05 Å². The van der Waals surface area contributed by atoms with Crippen molar-refractivity contribution < 1.29 is 4.74 Å². The standard InChI is InChI=1S/C25H26N10O2/c1-3-12-34-23(36)19-15-28-24(30-17-4-5-20-16(13-17)14-29-33(20)2)32-22(19)35(34)21-8-11-27-25(31-21)37-18-6-9-26-10-7-18/h3-5,8,11,13-15,18,26H,1,6-7,9-10,12H2,2H3,(H,28,30,32). The van der Waals surface area contributed by atoms with Crippen LogP contribution in [0, 0.1) is 0 Å². The summed E-state index contributed by atoms with van der Waals surface area (Å²) < 4.78 is 11.0. The summed E-state index contributed by atoms with van der Waals surface area (Å²) in [5.74, 6) is 0.815. The first-order valence-electron chi connectivity index (χ1n) is 12.1. The average molecular weight is 499 g/mol. The maximum absolute atomic E-state index is 13.2. The fourth-order valence-electron chi connectivity index (χ4n) is 4.55. The number of ether oxygens (including phenoxy) is 1. The Morgan fingerprint density at radius 3 is 2.89 bits per heavy atom. The summed E-state index contributed by atoms with van der Waals surface area (Å²) in [5.41, 5.74) is 2.00. The van der Waals surface area contributed by atoms with Crippen LogP contribution in [0.2, 0.25) is 0 Å². The highest BCUT2D eigenvalue weighted by molar-refractivity contribution is 5.83. The SMILES string of the molecule is C=CCn1c(=O)c2cnc(Nc3ccc4c(cnn4C)c3)nc2n1-c1ccnc(OC2CCNCC2)n1. The lowest BCUT2D eigenvalue weighted by atomic mass is 10.1. The van der Waals surface area contributed by atoms with Crippen LogP contribution in [0.5, 0.6) is 6.01 Å². The first-order valence-corrected chi connectivity index (χ1v) is 12.1. The van der Waals surface area contributed by atoms with E-state index in [1.54, 1.807) is 29.2 Å². The molecule has 12 nitrogen and oxygen atoms in total. The molecule has 1 saturated heterocycles. The molecule has 0 spiro atoms. The van der Waals surface area contributed by atoms with Gasteiger partial charge in [0, 0.05) is 36.6 Å². The first kappa shape index (κ1) is 22.9. The van der Waals surface area contributed by atoms with Gasteiger partial charge in [-0.25, -0.2) is 19.3 Å². The molecule has 12 heteroatoms. The largest absolute Gasteiger partial charge is 0.460 e. The molecule has 1 aliphatic rings. The second kappa shape index (κ2) is 9.47. The van der Waals surface area contributed by atoms with E-state index in [4.69, 9.17) is 9.72 Å². The van der Waals surface area contributed by atoms with E-state index < -0.39 is 0 Å². The van der Waals surface area contributed by atoms with Gasteiger partial charge < -0.3 is 15.4 Å². The molecule has 0 atom stereocenters. The number of hydrogen-bond acceptors (Lipinski definition) is 9. The van der Waals surface area contributed by atoms with E-state index in [2.05, 4.69) is 37.3 Å². The van der Waals surface area contributed by atoms with Gasteiger partial charge in [-0.2, -0.15) is 15.1 Å². The van der Waals surface area contributed by atoms with E-state index in [-0.39, 0.29) is 24.2 Å². The van der Waals surface area contributed by atoms with E-state index in [0.29, 0.717) is 22.8 Å². The molecule has 4 aromatic heterocycles. The van der Waals surface area contributed by atoms with Gasteiger partial charge in [-0.1, -0.05) is 6.08 Å². The van der Waals surface area contributed by atoms with Gasteiger partial charge in [0.2, 0.25) is 5.95 Å². The van der Waals surface area contributed by atoms with Crippen LogP contribution in [-0.4, -0.2) is 58.3 Å². The Morgan fingerprint density at radius 1 is 1.19 bits per heavy atom. The lowest BCUT2D eigenvalue weighted by Crippen LogP contribution is -2.34. The molecule has 0 saturated carbocycles. The van der Waals surface area contributed by atoms with Gasteiger partial charge in [-0.15, -0.1) is 6.58 Å². The van der Waals surface area contributed by atoms with E-state index in [1.165, 1.54) is 10.9 Å². The summed E-state index contributed by atoms with van der Waals surface area (Å²) in [4.78, 5) is 31.2. The van der Waals surface area contributed by atoms with E-state index >= 15 is 0 Å². The summed E-state index contributed by atoms with van der Waals surface area (Å²) in [6, 6.07) is 7.87. The number of nitrogens with zero attached hydrogens (tertiary/aromatic N) is 8. The van der Waals surface area contributed by atoms with Gasteiger partial charge in [-0.3, -0.25) is 9.48 Å². The molecule has 1 aromatic carbocycles. The van der Waals surface area contributed by atoms with Crippen molar-refractivity contribution in [2.45, 2.75) is 25.5 Å². The van der Waals surface area contributed by atoms with Crippen molar-refractivity contribution >= 4 is 33.6 Å². The van der Waals surface area contributed by atoms with Crippen molar-refractivity contribution in [1.82, 2.24) is 44.4 Å². The number of allylic oxidation sites excluding steroid dienone is 1. The average Bonchev–Trinajstić information content (AvgIpc) is 3.41. The normalized spacial score (nSPS) is 14.3. The minimum atomic E-state index is -0.238. The number of aryl methyl sites for hydroxylation is 1. The molecule has 0 amide bonds. The molecule has 5 heterocycles. The molecule has 0 unspecified atom stereocenters. The highest BCUT2D eigenvalue weighted by Crippen LogP contribution is 2.22. The molecule has 6 rings (SSSR count). The summed E-state index contributed by atoms with van der Waals surface area (Å²) in [6.45, 7) is 5.86. The number of fused-ring (bicyclic) bond motifs is 2. The fraction of sp³-hybridized carbons (Fsp3) is 0.280. The zero-order chi connectivity index (χ0) is 25.4. The van der Waals surface area contributed by atoms with E-state index in [1.807, 2.05) is 29.9 Å². The highest BCUT2D eigenvalue weighted by Gasteiger charge is 2.20. The van der Waals surface area contributed by atoms with Crippen molar-refractivity contribution in [3.05, 3.63) is 65.9 Å². The van der Waals surface area contributed by atoms with Gasteiger partial charge >= 0.3 is 6.01 Å². The molecule has 1 aliphatic heterocycles. The van der Waals surface area contributed by atoms with Crippen molar-refractivity contribution in [2.75, 3.05) is 18.4 Å². The van der Waals surface area contributed by atoms with Crippen molar-refractivity contribution in [3.63, 3.8) is 0 Å². The molecule has 2 N–H and O–H groups in total. The third-order valence-corrected chi connectivity index (χ3v) is 6.37. The third kappa shape index (κ3) is 4.31. The summed E-state index contributed by atoms with van der Waals surface area (Å²) >= 11 is 0. The van der Waals surface area contributed by atoms with E-state index in [0.717, 1.165) is 42.5 Å². The van der Waals surface area contributed by atoms with Gasteiger partial charge in [0.05, 0.1) is 18.3 Å². The summed E-state index contributed by atoms with van der Waals surface area (Å²) in [5, 5.41) is 12.2. The van der Waals surface area contributed by atoms with Gasteiger partial charge in [0.15, 0.2) is 11.5 Å². The van der Waals surface area contributed by atoms with Gasteiger partial charge in [0.25, 0.3) is 5.56 Å². The van der Waals surface area contributed by atoms with Crippen molar-refractivity contribution in [1.29, 1.82) is 0 Å². The maximum Gasteiger partial charge on any atom is 0.318 e. The summed E-state index contributed by atoms with van der Waals surface area (Å²) in [7, 11) is 1.90. The second-order valence-corrected chi connectivity index (χ2v) is 8.85. The molecule has 0 radical (unpaired) electrons. The third-order valence-electron chi connectivity index (χ3n) is 6.37. The predicted octanol–water partition coefficient (Wildman–Crippen LogP) is 2.32. The molecule has 0 bridgehead atoms. The predicted molar refractivity (Wildman–Crippen MR) is 139 cm³/mol. The van der Waals surface area contributed by atoms with Crippen LogP contribution in [0.1, 0.15) is 12.8 Å². The smallest absolute Gasteiger partial charge is 0.318 e. The maximum atomic E-state index is 13.2. The Labute approximate surface area is 211 Å². The van der Waals surface area contributed by atoms with Crippen molar-refractivity contribution in [3.8, 4) is 11.8 Å². The quantitative estimate of drug-likeness (QED) is 0.325. The van der Waals surface area contributed by atoms with Crippen LogP contribution in [-0.2, 0) is 13.6 Å². The molecular formula is C25H26N10O2. The number of benzene rings is 1. The monoisotopic (exact) mass is 498 g/mol. The molecule has 5 aromatic rings. The lowest BCUT2D eigenvalue weighted by molar-refractivity contribution is 0.148. The van der Waals surface area contributed by atoms with E-state index in [9.17, 15) is 4.79 Å². The molecule has 188 valence electrons.